The third-order valence-electron chi connectivity index (χ3n) is 4.37. The number of amides is 2. The van der Waals surface area contributed by atoms with Crippen molar-refractivity contribution in [3.63, 3.8) is 0 Å². The van der Waals surface area contributed by atoms with E-state index in [1.54, 1.807) is 28.3 Å². The zero-order valence-electron chi connectivity index (χ0n) is 14.2. The Bertz CT molecular complexity index is 759. The molecule has 3 rings (SSSR count). The van der Waals surface area contributed by atoms with Crippen molar-refractivity contribution in [2.75, 3.05) is 18.0 Å². The van der Waals surface area contributed by atoms with Crippen LogP contribution in [0.4, 0.5) is 5.69 Å². The van der Waals surface area contributed by atoms with Gasteiger partial charge in [0.25, 0.3) is 0 Å². The van der Waals surface area contributed by atoms with Gasteiger partial charge in [0, 0.05) is 37.2 Å². The molecule has 0 radical (unpaired) electrons. The highest BCUT2D eigenvalue weighted by atomic mass is 16.2. The van der Waals surface area contributed by atoms with Gasteiger partial charge in [-0.3, -0.25) is 14.6 Å². The molecule has 2 heterocycles. The van der Waals surface area contributed by atoms with Gasteiger partial charge in [-0.25, -0.2) is 0 Å². The molecule has 0 saturated carbocycles. The van der Waals surface area contributed by atoms with Crippen LogP contribution in [0.2, 0.25) is 0 Å². The Labute approximate surface area is 147 Å². The van der Waals surface area contributed by atoms with Crippen LogP contribution in [0.3, 0.4) is 0 Å². The minimum atomic E-state index is -0.403. The van der Waals surface area contributed by atoms with Crippen LogP contribution in [0.25, 0.3) is 6.08 Å². The van der Waals surface area contributed by atoms with Crippen LogP contribution in [0.15, 0.2) is 60.9 Å². The van der Waals surface area contributed by atoms with Crippen molar-refractivity contribution < 1.29 is 9.59 Å². The Balaban J connectivity index is 1.72. The summed E-state index contributed by atoms with van der Waals surface area (Å²) in [7, 11) is 0. The normalized spacial score (nSPS) is 17.2. The van der Waals surface area contributed by atoms with Crippen LogP contribution in [0.5, 0.6) is 0 Å². The van der Waals surface area contributed by atoms with Gasteiger partial charge in [-0.15, -0.1) is 0 Å². The van der Waals surface area contributed by atoms with E-state index in [1.165, 1.54) is 6.08 Å². The van der Waals surface area contributed by atoms with Crippen LogP contribution in [-0.4, -0.2) is 40.8 Å². The van der Waals surface area contributed by atoms with E-state index in [4.69, 9.17) is 0 Å². The number of anilines is 1. The highest BCUT2D eigenvalue weighted by Gasteiger charge is 2.37. The molecule has 2 amide bonds. The predicted molar refractivity (Wildman–Crippen MR) is 97.9 cm³/mol. The number of carbonyl (C=O) groups excluding carboxylic acids is 2. The third-order valence-corrected chi connectivity index (χ3v) is 4.37. The molecule has 1 aromatic carbocycles. The van der Waals surface area contributed by atoms with Crippen molar-refractivity contribution in [2.24, 2.45) is 0 Å². The molecule has 0 bridgehead atoms. The lowest BCUT2D eigenvalue weighted by Crippen LogP contribution is -2.44. The fourth-order valence-electron chi connectivity index (χ4n) is 3.09. The molecule has 128 valence electrons. The molecule has 1 aliphatic heterocycles. The summed E-state index contributed by atoms with van der Waals surface area (Å²) in [5.74, 6) is -0.161. The highest BCUT2D eigenvalue weighted by Crippen LogP contribution is 2.24. The molecule has 1 atom stereocenters. The number of pyridine rings is 1. The van der Waals surface area contributed by atoms with E-state index in [-0.39, 0.29) is 11.8 Å². The number of hydrogen-bond acceptors (Lipinski definition) is 3. The minimum absolute atomic E-state index is 0.0151. The monoisotopic (exact) mass is 335 g/mol. The quantitative estimate of drug-likeness (QED) is 0.790. The second kappa shape index (κ2) is 7.75. The zero-order chi connectivity index (χ0) is 17.6. The molecule has 5 heteroatoms. The van der Waals surface area contributed by atoms with E-state index < -0.39 is 6.04 Å². The van der Waals surface area contributed by atoms with E-state index in [2.05, 4.69) is 4.98 Å². The number of aromatic nitrogens is 1. The van der Waals surface area contributed by atoms with E-state index >= 15 is 0 Å². The summed E-state index contributed by atoms with van der Waals surface area (Å²) in [5, 5.41) is 0. The first-order valence-electron chi connectivity index (χ1n) is 8.46. The highest BCUT2D eigenvalue weighted by molar-refractivity contribution is 6.03. The molecule has 0 aliphatic carbocycles. The van der Waals surface area contributed by atoms with Crippen molar-refractivity contribution >= 4 is 23.6 Å². The molecule has 0 N–H and O–H groups in total. The molecular formula is C20H21N3O2. The number of rotatable bonds is 5. The number of benzene rings is 1. The van der Waals surface area contributed by atoms with Gasteiger partial charge in [-0.05, 0) is 49.2 Å². The second-order valence-corrected chi connectivity index (χ2v) is 5.87. The molecule has 0 spiro atoms. The Hall–Kier alpha value is -2.95. The smallest absolute Gasteiger partial charge is 0.249 e. The molecular weight excluding hydrogens is 314 g/mol. The lowest BCUT2D eigenvalue weighted by atomic mass is 10.2. The van der Waals surface area contributed by atoms with Crippen LogP contribution < -0.4 is 4.90 Å². The summed E-state index contributed by atoms with van der Waals surface area (Å²) in [6.45, 7) is 3.03. The molecule has 1 aliphatic rings. The van der Waals surface area contributed by atoms with Crippen molar-refractivity contribution in [3.8, 4) is 0 Å². The van der Waals surface area contributed by atoms with Crippen molar-refractivity contribution in [1.82, 2.24) is 9.88 Å². The first kappa shape index (κ1) is 16.9. The standard InChI is InChI=1S/C20H21N3O2/c1-2-22(19(24)9-8-16-10-13-21-14-11-16)18-12-15-23(20(18)25)17-6-4-3-5-7-17/h3-11,13-14,18H,2,12,15H2,1H3/b9-8+/t18-/m1/s1. The van der Waals surface area contributed by atoms with E-state index in [0.717, 1.165) is 11.3 Å². The van der Waals surface area contributed by atoms with E-state index in [0.29, 0.717) is 19.5 Å². The van der Waals surface area contributed by atoms with Gasteiger partial charge in [0.2, 0.25) is 11.8 Å². The fraction of sp³-hybridized carbons (Fsp3) is 0.250. The molecule has 25 heavy (non-hydrogen) atoms. The molecule has 1 aromatic heterocycles. The summed E-state index contributed by atoms with van der Waals surface area (Å²) >= 11 is 0. The number of likely N-dealkylation sites (N-methyl/N-ethyl adjacent to an activating group) is 1. The average Bonchev–Trinajstić information content (AvgIpc) is 3.04. The molecule has 0 unspecified atom stereocenters. The minimum Gasteiger partial charge on any atom is -0.327 e. The van der Waals surface area contributed by atoms with Crippen molar-refractivity contribution in [2.45, 2.75) is 19.4 Å². The van der Waals surface area contributed by atoms with E-state index in [1.807, 2.05) is 49.4 Å². The summed E-state index contributed by atoms with van der Waals surface area (Å²) in [6, 6.07) is 12.8. The van der Waals surface area contributed by atoms with E-state index in [9.17, 15) is 9.59 Å². The Morgan fingerprint density at radius 1 is 1.24 bits per heavy atom. The second-order valence-electron chi connectivity index (χ2n) is 5.87. The predicted octanol–water partition coefficient (Wildman–Crippen LogP) is 2.75. The zero-order valence-corrected chi connectivity index (χ0v) is 14.2. The van der Waals surface area contributed by atoms with Crippen LogP contribution in [-0.2, 0) is 9.59 Å². The number of nitrogens with zero attached hydrogens (tertiary/aromatic N) is 3. The fourth-order valence-corrected chi connectivity index (χ4v) is 3.09. The van der Waals surface area contributed by atoms with Crippen molar-refractivity contribution in [3.05, 3.63) is 66.5 Å². The van der Waals surface area contributed by atoms with Crippen LogP contribution >= 0.6 is 0 Å². The maximum Gasteiger partial charge on any atom is 0.249 e. The van der Waals surface area contributed by atoms with Gasteiger partial charge in [0.15, 0.2) is 0 Å². The molecule has 2 aromatic rings. The number of hydrogen-bond donors (Lipinski definition) is 0. The Morgan fingerprint density at radius 3 is 2.64 bits per heavy atom. The van der Waals surface area contributed by atoms with Gasteiger partial charge >= 0.3 is 0 Å². The topological polar surface area (TPSA) is 53.5 Å². The SMILES string of the molecule is CCN(C(=O)/C=C/c1ccncc1)[C@@H]1CCN(c2ccccc2)C1=O. The molecule has 5 nitrogen and oxygen atoms in total. The summed E-state index contributed by atoms with van der Waals surface area (Å²) in [5.41, 5.74) is 1.79. The summed E-state index contributed by atoms with van der Waals surface area (Å²) < 4.78 is 0. The lowest BCUT2D eigenvalue weighted by molar-refractivity contribution is -0.134. The van der Waals surface area contributed by atoms with Crippen LogP contribution in [0, 0.1) is 0 Å². The first-order chi connectivity index (χ1) is 12.2. The van der Waals surface area contributed by atoms with Crippen molar-refractivity contribution in [1.29, 1.82) is 0 Å². The van der Waals surface area contributed by atoms with Gasteiger partial charge in [0.1, 0.15) is 6.04 Å². The average molecular weight is 335 g/mol. The number of para-hydroxylation sites is 1. The van der Waals surface area contributed by atoms with Gasteiger partial charge in [-0.1, -0.05) is 18.2 Å². The van der Waals surface area contributed by atoms with Gasteiger partial charge in [-0.2, -0.15) is 0 Å². The van der Waals surface area contributed by atoms with Gasteiger partial charge in [0.05, 0.1) is 0 Å². The summed E-state index contributed by atoms with van der Waals surface area (Å²) in [6.07, 6.45) is 7.29. The maximum atomic E-state index is 12.8. The molecule has 1 saturated heterocycles. The lowest BCUT2D eigenvalue weighted by Gasteiger charge is -2.25. The Morgan fingerprint density at radius 2 is 1.96 bits per heavy atom. The number of carbonyl (C=O) groups is 2. The van der Waals surface area contributed by atoms with Gasteiger partial charge < -0.3 is 9.80 Å². The largest absolute Gasteiger partial charge is 0.327 e. The maximum absolute atomic E-state index is 12.8. The Kier molecular flexibility index (Phi) is 5.23. The third kappa shape index (κ3) is 3.76. The molecule has 1 fully saturated rings. The van der Waals surface area contributed by atoms with Crippen LogP contribution in [0.1, 0.15) is 18.9 Å². The first-order valence-corrected chi connectivity index (χ1v) is 8.46. The summed E-state index contributed by atoms with van der Waals surface area (Å²) in [4.78, 5) is 32.7.